The summed E-state index contributed by atoms with van der Waals surface area (Å²) in [5.74, 6) is 1.12. The van der Waals surface area contributed by atoms with E-state index in [1.807, 2.05) is 11.0 Å². The van der Waals surface area contributed by atoms with E-state index in [9.17, 15) is 10.1 Å². The van der Waals surface area contributed by atoms with Crippen molar-refractivity contribution in [2.45, 2.75) is 52.5 Å². The number of nitrogens with two attached hydrogens (primary N) is 1. The maximum absolute atomic E-state index is 12.8. The molecule has 1 aliphatic carbocycles. The Morgan fingerprint density at radius 1 is 1.48 bits per heavy atom. The van der Waals surface area contributed by atoms with Gasteiger partial charge in [-0.05, 0) is 31.2 Å². The highest BCUT2D eigenvalue weighted by atomic mass is 16.3. The average molecular weight is 425 g/mol. The Balaban J connectivity index is 0.000000858. The molecule has 2 aromatic rings. The lowest BCUT2D eigenvalue weighted by Gasteiger charge is -2.35. The van der Waals surface area contributed by atoms with Gasteiger partial charge < -0.3 is 15.7 Å². The van der Waals surface area contributed by atoms with Crippen molar-refractivity contribution in [3.63, 3.8) is 0 Å². The summed E-state index contributed by atoms with van der Waals surface area (Å²) in [5.41, 5.74) is 10.7. The molecule has 31 heavy (non-hydrogen) atoms. The quantitative estimate of drug-likeness (QED) is 0.638. The van der Waals surface area contributed by atoms with E-state index in [-0.39, 0.29) is 24.1 Å². The highest BCUT2D eigenvalue weighted by Crippen LogP contribution is 2.36. The van der Waals surface area contributed by atoms with Crippen LogP contribution in [0.5, 0.6) is 0 Å². The standard InChI is InChI=1S/C21H26N6O.CH2O2/c1-12(2)8-14-9-18(26-25-14)19-15(10-22)20(23)24-17-6-7-27(11-16(17)19)21(28)13-4-3-5-13;2-1-3/h9,12-13H,3-8,11H2,1-2H3,(H2,23,24)(H,25,26);1H,(H,2,3). The minimum atomic E-state index is -0.250. The van der Waals surface area contributed by atoms with Crippen LogP contribution in [0.4, 0.5) is 5.82 Å². The van der Waals surface area contributed by atoms with Gasteiger partial charge in [-0.3, -0.25) is 14.7 Å². The first-order valence-corrected chi connectivity index (χ1v) is 10.5. The van der Waals surface area contributed by atoms with Crippen molar-refractivity contribution in [3.05, 3.63) is 28.6 Å². The van der Waals surface area contributed by atoms with Crippen molar-refractivity contribution < 1.29 is 14.7 Å². The van der Waals surface area contributed by atoms with E-state index >= 15 is 0 Å². The molecule has 0 aromatic carbocycles. The molecule has 164 valence electrons. The normalized spacial score (nSPS) is 15.4. The summed E-state index contributed by atoms with van der Waals surface area (Å²) in [7, 11) is 0. The van der Waals surface area contributed by atoms with Gasteiger partial charge in [0, 0.05) is 42.2 Å². The molecule has 4 rings (SSSR count). The number of amides is 1. The van der Waals surface area contributed by atoms with Crippen LogP contribution in [-0.2, 0) is 29.0 Å². The Bertz CT molecular complexity index is 1000. The third-order valence-electron chi connectivity index (χ3n) is 5.77. The van der Waals surface area contributed by atoms with Crippen molar-refractivity contribution in [1.82, 2.24) is 20.1 Å². The Labute approximate surface area is 181 Å². The molecule has 3 heterocycles. The second-order valence-corrected chi connectivity index (χ2v) is 8.40. The number of pyridine rings is 1. The molecule has 1 saturated carbocycles. The van der Waals surface area contributed by atoms with Gasteiger partial charge in [0.1, 0.15) is 17.5 Å². The molecule has 0 atom stereocenters. The average Bonchev–Trinajstić information content (AvgIpc) is 3.13. The Hall–Kier alpha value is -3.41. The molecule has 0 bridgehead atoms. The van der Waals surface area contributed by atoms with Gasteiger partial charge >= 0.3 is 0 Å². The van der Waals surface area contributed by atoms with E-state index in [1.54, 1.807) is 0 Å². The smallest absolute Gasteiger partial charge is 0.290 e. The minimum Gasteiger partial charge on any atom is -0.483 e. The number of nitrogen functional groups attached to an aromatic ring is 1. The predicted molar refractivity (Wildman–Crippen MR) is 115 cm³/mol. The lowest BCUT2D eigenvalue weighted by atomic mass is 9.83. The molecule has 4 N–H and O–H groups in total. The molecule has 0 spiro atoms. The van der Waals surface area contributed by atoms with Crippen LogP contribution < -0.4 is 5.73 Å². The number of nitriles is 1. The van der Waals surface area contributed by atoms with Crippen molar-refractivity contribution in [3.8, 4) is 17.3 Å². The molecule has 0 saturated heterocycles. The lowest BCUT2D eigenvalue weighted by Crippen LogP contribution is -2.42. The van der Waals surface area contributed by atoms with Gasteiger partial charge in [-0.2, -0.15) is 10.4 Å². The van der Waals surface area contributed by atoms with E-state index in [2.05, 4.69) is 35.1 Å². The maximum Gasteiger partial charge on any atom is 0.290 e. The molecule has 9 nitrogen and oxygen atoms in total. The highest BCUT2D eigenvalue weighted by molar-refractivity contribution is 5.82. The first kappa shape index (κ1) is 22.3. The number of carbonyl (C=O) groups excluding carboxylic acids is 1. The zero-order valence-electron chi connectivity index (χ0n) is 17.9. The van der Waals surface area contributed by atoms with Crippen LogP contribution >= 0.6 is 0 Å². The first-order chi connectivity index (χ1) is 14.9. The zero-order valence-corrected chi connectivity index (χ0v) is 17.9. The van der Waals surface area contributed by atoms with E-state index in [0.717, 1.165) is 48.2 Å². The molecule has 2 aliphatic rings. The van der Waals surface area contributed by atoms with E-state index in [4.69, 9.17) is 15.6 Å². The second kappa shape index (κ2) is 9.60. The second-order valence-electron chi connectivity index (χ2n) is 8.40. The fraction of sp³-hybridized carbons (Fsp3) is 0.500. The van der Waals surface area contributed by atoms with Gasteiger partial charge in [-0.25, -0.2) is 4.98 Å². The number of anilines is 1. The number of carbonyl (C=O) groups is 2. The molecule has 0 unspecified atom stereocenters. The molecular formula is C22H28N6O3. The molecule has 2 aromatic heterocycles. The van der Waals surface area contributed by atoms with Crippen LogP contribution in [0.25, 0.3) is 11.3 Å². The number of carboxylic acid groups (broad SMARTS) is 1. The zero-order chi connectivity index (χ0) is 22.5. The van der Waals surface area contributed by atoms with Crippen LogP contribution in [0, 0.1) is 23.2 Å². The van der Waals surface area contributed by atoms with Gasteiger partial charge in [0.2, 0.25) is 5.91 Å². The summed E-state index contributed by atoms with van der Waals surface area (Å²) in [6.07, 6.45) is 4.63. The molecule has 0 radical (unpaired) electrons. The van der Waals surface area contributed by atoms with E-state index < -0.39 is 0 Å². The lowest BCUT2D eigenvalue weighted by molar-refractivity contribution is -0.139. The van der Waals surface area contributed by atoms with Crippen molar-refractivity contribution in [2.75, 3.05) is 12.3 Å². The minimum absolute atomic E-state index is 0.158. The van der Waals surface area contributed by atoms with Crippen molar-refractivity contribution >= 4 is 18.2 Å². The number of nitrogens with one attached hydrogen (secondary N) is 1. The number of nitrogens with zero attached hydrogens (tertiary/aromatic N) is 4. The van der Waals surface area contributed by atoms with Crippen LogP contribution in [0.1, 0.15) is 55.6 Å². The van der Waals surface area contributed by atoms with Crippen LogP contribution in [0.2, 0.25) is 0 Å². The third-order valence-corrected chi connectivity index (χ3v) is 5.77. The Morgan fingerprint density at radius 3 is 2.77 bits per heavy atom. The topological polar surface area (TPSA) is 149 Å². The van der Waals surface area contributed by atoms with Gasteiger partial charge in [0.05, 0.1) is 11.4 Å². The molecule has 1 amide bonds. The predicted octanol–water partition coefficient (Wildman–Crippen LogP) is 2.51. The number of aromatic nitrogens is 3. The first-order valence-electron chi connectivity index (χ1n) is 10.5. The molecule has 1 fully saturated rings. The fourth-order valence-electron chi connectivity index (χ4n) is 4.11. The summed E-state index contributed by atoms with van der Waals surface area (Å²) in [6, 6.07) is 4.20. The highest BCUT2D eigenvalue weighted by Gasteiger charge is 2.33. The summed E-state index contributed by atoms with van der Waals surface area (Å²) in [6.45, 7) is 5.17. The summed E-state index contributed by atoms with van der Waals surface area (Å²) in [4.78, 5) is 27.5. The number of aromatic amines is 1. The number of rotatable bonds is 4. The SMILES string of the molecule is CC(C)Cc1cc(-c2c(C#N)c(N)nc3c2CN(C(=O)C2CCC2)CC3)n[nH]1.O=CO. The van der Waals surface area contributed by atoms with Crippen LogP contribution in [0.15, 0.2) is 6.07 Å². The number of fused-ring (bicyclic) bond motifs is 1. The number of hydrogen-bond donors (Lipinski definition) is 3. The molecular weight excluding hydrogens is 396 g/mol. The Kier molecular flexibility index (Phi) is 6.90. The van der Waals surface area contributed by atoms with E-state index in [0.29, 0.717) is 36.7 Å². The maximum atomic E-state index is 12.8. The summed E-state index contributed by atoms with van der Waals surface area (Å²) >= 11 is 0. The van der Waals surface area contributed by atoms with Gasteiger partial charge in [0.15, 0.2) is 0 Å². The largest absolute Gasteiger partial charge is 0.483 e. The third kappa shape index (κ3) is 4.68. The number of H-pyrrole nitrogens is 1. The molecule has 1 aliphatic heterocycles. The van der Waals surface area contributed by atoms with Crippen molar-refractivity contribution in [1.29, 1.82) is 5.26 Å². The van der Waals surface area contributed by atoms with E-state index in [1.165, 1.54) is 0 Å². The van der Waals surface area contributed by atoms with Gasteiger partial charge in [-0.1, -0.05) is 20.3 Å². The summed E-state index contributed by atoms with van der Waals surface area (Å²) in [5, 5.41) is 24.2. The van der Waals surface area contributed by atoms with Gasteiger partial charge in [-0.15, -0.1) is 0 Å². The van der Waals surface area contributed by atoms with Crippen molar-refractivity contribution in [2.24, 2.45) is 11.8 Å². The van der Waals surface area contributed by atoms with Crippen LogP contribution in [0.3, 0.4) is 0 Å². The number of hydrogen-bond acceptors (Lipinski definition) is 6. The van der Waals surface area contributed by atoms with Crippen LogP contribution in [-0.4, -0.2) is 44.1 Å². The monoisotopic (exact) mass is 424 g/mol. The molecule has 9 heteroatoms. The fourth-order valence-corrected chi connectivity index (χ4v) is 4.11. The Morgan fingerprint density at radius 2 is 2.19 bits per heavy atom. The van der Waals surface area contributed by atoms with Gasteiger partial charge in [0.25, 0.3) is 6.47 Å². The summed E-state index contributed by atoms with van der Waals surface area (Å²) < 4.78 is 0.